The lowest BCUT2D eigenvalue weighted by molar-refractivity contribution is -0.113. The van der Waals surface area contributed by atoms with Gasteiger partial charge in [-0.25, -0.2) is 0 Å². The molecule has 2 aromatic carbocycles. The van der Waals surface area contributed by atoms with E-state index in [4.69, 9.17) is 9.47 Å². The molecule has 2 aromatic rings. The Balaban J connectivity index is 1.37. The number of ether oxygens (including phenoxy) is 2. The summed E-state index contributed by atoms with van der Waals surface area (Å²) in [6.07, 6.45) is 1.88. The lowest BCUT2D eigenvalue weighted by Crippen LogP contribution is -2.38. The van der Waals surface area contributed by atoms with Crippen molar-refractivity contribution < 1.29 is 14.3 Å². The molecule has 0 aliphatic carbocycles. The summed E-state index contributed by atoms with van der Waals surface area (Å²) in [5, 5.41) is 0.775. The predicted octanol–water partition coefficient (Wildman–Crippen LogP) is 3.57. The van der Waals surface area contributed by atoms with Gasteiger partial charge in [0.1, 0.15) is 12.4 Å². The van der Waals surface area contributed by atoms with Gasteiger partial charge in [-0.05, 0) is 41.1 Å². The first-order valence-corrected chi connectivity index (χ1v) is 9.72. The number of rotatable bonds is 4. The molecule has 0 atom stereocenters. The van der Waals surface area contributed by atoms with Gasteiger partial charge in [0, 0.05) is 13.1 Å². The number of carbonyl (C=O) groups excluding carboxylic acids is 1. The van der Waals surface area contributed by atoms with Gasteiger partial charge in [0.25, 0.3) is 5.91 Å². The maximum atomic E-state index is 12.2. The minimum atomic E-state index is -0.175. The van der Waals surface area contributed by atoms with E-state index in [1.54, 1.807) is 0 Å². The number of aliphatic imine (C=N–C) groups is 1. The quantitative estimate of drug-likeness (QED) is 0.759. The van der Waals surface area contributed by atoms with Gasteiger partial charge in [-0.2, -0.15) is 4.99 Å². The fourth-order valence-corrected chi connectivity index (χ4v) is 3.81. The number of carbonyl (C=O) groups is 1. The molecule has 1 fully saturated rings. The van der Waals surface area contributed by atoms with Gasteiger partial charge < -0.3 is 14.4 Å². The van der Waals surface area contributed by atoms with Crippen LogP contribution in [0.15, 0.2) is 64.5 Å². The van der Waals surface area contributed by atoms with Gasteiger partial charge in [0.15, 0.2) is 5.17 Å². The van der Waals surface area contributed by atoms with E-state index in [1.807, 2.05) is 60.7 Å². The summed E-state index contributed by atoms with van der Waals surface area (Å²) in [5.41, 5.74) is 2.08. The highest BCUT2D eigenvalue weighted by atomic mass is 32.2. The maximum absolute atomic E-state index is 12.2. The molecule has 0 spiro atoms. The molecule has 0 saturated carbocycles. The maximum Gasteiger partial charge on any atom is 0.286 e. The summed E-state index contributed by atoms with van der Waals surface area (Å²) in [6, 6.07) is 17.8. The Hall–Kier alpha value is -2.57. The number of hydrogen-bond acceptors (Lipinski definition) is 5. The van der Waals surface area contributed by atoms with E-state index >= 15 is 0 Å². The summed E-state index contributed by atoms with van der Waals surface area (Å²) in [7, 11) is 0. The fourth-order valence-electron chi connectivity index (χ4n) is 2.84. The molecule has 0 aromatic heterocycles. The zero-order valence-electron chi connectivity index (χ0n) is 14.8. The van der Waals surface area contributed by atoms with Crippen LogP contribution in [0.2, 0.25) is 0 Å². The van der Waals surface area contributed by atoms with E-state index in [2.05, 4.69) is 9.89 Å². The average molecular weight is 380 g/mol. The van der Waals surface area contributed by atoms with Crippen molar-refractivity contribution in [1.82, 2.24) is 4.90 Å². The molecule has 1 amide bonds. The van der Waals surface area contributed by atoms with Crippen molar-refractivity contribution in [3.8, 4) is 5.75 Å². The zero-order valence-corrected chi connectivity index (χ0v) is 15.7. The van der Waals surface area contributed by atoms with Gasteiger partial charge in [0.05, 0.1) is 18.1 Å². The first-order chi connectivity index (χ1) is 13.3. The number of thioether (sulfide) groups is 1. The summed E-state index contributed by atoms with van der Waals surface area (Å²) >= 11 is 1.43. The molecule has 0 unspecified atom stereocenters. The lowest BCUT2D eigenvalue weighted by Gasteiger charge is -2.27. The number of nitrogens with zero attached hydrogens (tertiary/aromatic N) is 2. The normalized spacial score (nSPS) is 18.7. The van der Waals surface area contributed by atoms with Gasteiger partial charge in [-0.15, -0.1) is 0 Å². The molecular weight excluding hydrogens is 360 g/mol. The molecule has 0 N–H and O–H groups in total. The van der Waals surface area contributed by atoms with Crippen molar-refractivity contribution in [2.24, 2.45) is 4.99 Å². The molecule has 2 heterocycles. The smallest absolute Gasteiger partial charge is 0.286 e. The van der Waals surface area contributed by atoms with Crippen LogP contribution < -0.4 is 4.74 Å². The van der Waals surface area contributed by atoms with Crippen molar-refractivity contribution in [2.75, 3.05) is 26.3 Å². The summed E-state index contributed by atoms with van der Waals surface area (Å²) in [4.78, 5) is 19.1. The van der Waals surface area contributed by atoms with Crippen LogP contribution in [0.1, 0.15) is 11.1 Å². The van der Waals surface area contributed by atoms with Gasteiger partial charge >= 0.3 is 0 Å². The van der Waals surface area contributed by atoms with Crippen LogP contribution in [0, 0.1) is 0 Å². The van der Waals surface area contributed by atoms with Gasteiger partial charge in [0.2, 0.25) is 0 Å². The van der Waals surface area contributed by atoms with E-state index in [0.717, 1.165) is 35.1 Å². The van der Waals surface area contributed by atoms with Crippen molar-refractivity contribution >= 4 is 28.9 Å². The standard InChI is InChI=1S/C21H20N2O3S/c24-20-19(27-21(22-20)23-10-12-25-13-11-23)14-16-6-8-18(9-7-16)26-15-17-4-2-1-3-5-17/h1-9,14H,10-13,15H2. The molecule has 138 valence electrons. The fraction of sp³-hybridized carbons (Fsp3) is 0.238. The highest BCUT2D eigenvalue weighted by Gasteiger charge is 2.27. The second-order valence-electron chi connectivity index (χ2n) is 6.25. The van der Waals surface area contributed by atoms with Gasteiger partial charge in [-0.3, -0.25) is 4.79 Å². The van der Waals surface area contributed by atoms with Crippen LogP contribution in [0.3, 0.4) is 0 Å². The van der Waals surface area contributed by atoms with Crippen LogP contribution in [0.5, 0.6) is 5.75 Å². The minimum Gasteiger partial charge on any atom is -0.489 e. The van der Waals surface area contributed by atoms with E-state index in [9.17, 15) is 4.79 Å². The average Bonchev–Trinajstić information content (AvgIpc) is 3.09. The minimum absolute atomic E-state index is 0.175. The highest BCUT2D eigenvalue weighted by molar-refractivity contribution is 8.18. The Labute approximate surface area is 162 Å². The van der Waals surface area contributed by atoms with Crippen molar-refractivity contribution in [3.63, 3.8) is 0 Å². The Kier molecular flexibility index (Phi) is 5.55. The zero-order chi connectivity index (χ0) is 18.5. The van der Waals surface area contributed by atoms with E-state index in [0.29, 0.717) is 24.7 Å². The topological polar surface area (TPSA) is 51.1 Å². The van der Waals surface area contributed by atoms with Crippen molar-refractivity contribution in [1.29, 1.82) is 0 Å². The SMILES string of the molecule is O=C1N=C(N2CCOCC2)SC1=Cc1ccc(OCc2ccccc2)cc1. The molecular formula is C21H20N2O3S. The number of amides is 1. The predicted molar refractivity (Wildman–Crippen MR) is 108 cm³/mol. The largest absolute Gasteiger partial charge is 0.489 e. The number of benzene rings is 2. The Morgan fingerprint density at radius 1 is 1.07 bits per heavy atom. The molecule has 4 rings (SSSR count). The van der Waals surface area contributed by atoms with E-state index in [1.165, 1.54) is 11.8 Å². The number of morpholine rings is 1. The molecule has 0 bridgehead atoms. The molecule has 1 saturated heterocycles. The third kappa shape index (κ3) is 4.59. The summed E-state index contributed by atoms with van der Waals surface area (Å²) in [5.74, 6) is 0.627. The Morgan fingerprint density at radius 3 is 2.56 bits per heavy atom. The lowest BCUT2D eigenvalue weighted by atomic mass is 10.2. The van der Waals surface area contributed by atoms with Crippen LogP contribution >= 0.6 is 11.8 Å². The van der Waals surface area contributed by atoms with Gasteiger partial charge in [-0.1, -0.05) is 42.5 Å². The third-order valence-electron chi connectivity index (χ3n) is 4.32. The second-order valence-corrected chi connectivity index (χ2v) is 7.26. The number of hydrogen-bond donors (Lipinski definition) is 0. The van der Waals surface area contributed by atoms with Crippen molar-refractivity contribution in [3.05, 3.63) is 70.6 Å². The van der Waals surface area contributed by atoms with Crippen LogP contribution in [0.25, 0.3) is 6.08 Å². The van der Waals surface area contributed by atoms with Crippen LogP contribution in [-0.4, -0.2) is 42.3 Å². The first kappa shape index (κ1) is 17.8. The van der Waals surface area contributed by atoms with E-state index < -0.39 is 0 Å². The molecule has 2 aliphatic heterocycles. The highest BCUT2D eigenvalue weighted by Crippen LogP contribution is 2.30. The molecule has 27 heavy (non-hydrogen) atoms. The Morgan fingerprint density at radius 2 is 1.81 bits per heavy atom. The molecule has 5 nitrogen and oxygen atoms in total. The molecule has 6 heteroatoms. The van der Waals surface area contributed by atoms with Crippen LogP contribution in [0.4, 0.5) is 0 Å². The number of amidine groups is 1. The van der Waals surface area contributed by atoms with Crippen molar-refractivity contribution in [2.45, 2.75) is 6.61 Å². The van der Waals surface area contributed by atoms with Crippen LogP contribution in [-0.2, 0) is 16.1 Å². The summed E-state index contributed by atoms with van der Waals surface area (Å²) in [6.45, 7) is 3.45. The third-order valence-corrected chi connectivity index (χ3v) is 5.36. The second kappa shape index (κ2) is 8.41. The molecule has 2 aliphatic rings. The summed E-state index contributed by atoms with van der Waals surface area (Å²) < 4.78 is 11.2. The van der Waals surface area contributed by atoms with E-state index in [-0.39, 0.29) is 5.91 Å². The molecule has 0 radical (unpaired) electrons. The Bertz CT molecular complexity index is 857. The first-order valence-electron chi connectivity index (χ1n) is 8.90. The monoisotopic (exact) mass is 380 g/mol.